The topological polar surface area (TPSA) is 18.5 Å². The van der Waals surface area contributed by atoms with Crippen LogP contribution in [0, 0.1) is 0 Å². The van der Waals surface area contributed by atoms with Crippen LogP contribution in [0.3, 0.4) is 0 Å². The van der Waals surface area contributed by atoms with E-state index in [1.807, 2.05) is 0 Å². The third-order valence-corrected chi connectivity index (χ3v) is 4.45. The first-order valence-electron chi connectivity index (χ1n) is 8.07. The molecule has 106 valence electrons. The van der Waals surface area contributed by atoms with Gasteiger partial charge in [-0.1, -0.05) is 13.3 Å². The summed E-state index contributed by atoms with van der Waals surface area (Å²) in [6.45, 7) is 11.3. The van der Waals surface area contributed by atoms with Gasteiger partial charge < -0.3 is 10.2 Å². The van der Waals surface area contributed by atoms with Gasteiger partial charge in [-0.2, -0.15) is 0 Å². The fourth-order valence-corrected chi connectivity index (χ4v) is 3.36. The second kappa shape index (κ2) is 8.13. The van der Waals surface area contributed by atoms with Gasteiger partial charge in [0.25, 0.3) is 0 Å². The van der Waals surface area contributed by atoms with Crippen molar-refractivity contribution in [2.75, 3.05) is 45.8 Å². The van der Waals surface area contributed by atoms with Crippen LogP contribution >= 0.6 is 0 Å². The molecular formula is C15H31N3. The Labute approximate surface area is 113 Å². The highest BCUT2D eigenvalue weighted by Crippen LogP contribution is 2.13. The van der Waals surface area contributed by atoms with Crippen molar-refractivity contribution in [2.24, 2.45) is 0 Å². The van der Waals surface area contributed by atoms with E-state index >= 15 is 0 Å². The van der Waals surface area contributed by atoms with Crippen LogP contribution < -0.4 is 5.32 Å². The predicted molar refractivity (Wildman–Crippen MR) is 78.0 cm³/mol. The molecule has 2 heterocycles. The molecule has 1 N–H and O–H groups in total. The monoisotopic (exact) mass is 253 g/mol. The van der Waals surface area contributed by atoms with Gasteiger partial charge in [-0.15, -0.1) is 0 Å². The zero-order valence-electron chi connectivity index (χ0n) is 12.2. The van der Waals surface area contributed by atoms with E-state index in [0.717, 1.165) is 6.04 Å². The second-order valence-corrected chi connectivity index (χ2v) is 5.94. The molecule has 0 aromatic carbocycles. The third-order valence-electron chi connectivity index (χ3n) is 4.45. The van der Waals surface area contributed by atoms with E-state index in [1.54, 1.807) is 0 Å². The quantitative estimate of drug-likeness (QED) is 0.780. The Hall–Kier alpha value is -0.120. The van der Waals surface area contributed by atoms with E-state index < -0.39 is 0 Å². The van der Waals surface area contributed by atoms with Crippen LogP contribution in [0.5, 0.6) is 0 Å². The average molecular weight is 253 g/mol. The number of nitrogens with zero attached hydrogens (tertiary/aromatic N) is 2. The highest BCUT2D eigenvalue weighted by atomic mass is 15.2. The summed E-state index contributed by atoms with van der Waals surface area (Å²) in [4.78, 5) is 5.41. The molecule has 2 aliphatic heterocycles. The SMILES string of the molecule is CCCN(CCN1CCCCC1)C1CCCNC1. The molecule has 3 nitrogen and oxygen atoms in total. The summed E-state index contributed by atoms with van der Waals surface area (Å²) in [7, 11) is 0. The third kappa shape index (κ3) is 4.52. The number of hydrogen-bond acceptors (Lipinski definition) is 3. The van der Waals surface area contributed by atoms with Crippen molar-refractivity contribution in [3.05, 3.63) is 0 Å². The number of nitrogens with one attached hydrogen (secondary N) is 1. The lowest BCUT2D eigenvalue weighted by Crippen LogP contribution is -2.49. The molecule has 2 aliphatic rings. The zero-order chi connectivity index (χ0) is 12.6. The van der Waals surface area contributed by atoms with Gasteiger partial charge in [0.05, 0.1) is 0 Å². The maximum absolute atomic E-state index is 3.56. The van der Waals surface area contributed by atoms with E-state index in [9.17, 15) is 0 Å². The maximum atomic E-state index is 3.56. The second-order valence-electron chi connectivity index (χ2n) is 5.94. The number of rotatable bonds is 6. The molecule has 0 spiro atoms. The first-order chi connectivity index (χ1) is 8.90. The van der Waals surface area contributed by atoms with E-state index in [2.05, 4.69) is 22.0 Å². The summed E-state index contributed by atoms with van der Waals surface area (Å²) in [5.41, 5.74) is 0. The summed E-state index contributed by atoms with van der Waals surface area (Å²) in [6.07, 6.45) is 8.32. The van der Waals surface area contributed by atoms with Crippen LogP contribution in [0.15, 0.2) is 0 Å². The predicted octanol–water partition coefficient (Wildman–Crippen LogP) is 1.94. The normalized spacial score (nSPS) is 26.7. The summed E-state index contributed by atoms with van der Waals surface area (Å²) in [5.74, 6) is 0. The zero-order valence-corrected chi connectivity index (χ0v) is 12.2. The van der Waals surface area contributed by atoms with Crippen molar-refractivity contribution in [1.82, 2.24) is 15.1 Å². The molecule has 0 aromatic heterocycles. The number of hydrogen-bond donors (Lipinski definition) is 1. The largest absolute Gasteiger partial charge is 0.315 e. The Kier molecular flexibility index (Phi) is 6.46. The average Bonchev–Trinajstić information content (AvgIpc) is 2.45. The molecule has 18 heavy (non-hydrogen) atoms. The molecule has 0 amide bonds. The van der Waals surface area contributed by atoms with Crippen molar-refractivity contribution in [3.8, 4) is 0 Å². The molecule has 0 aromatic rings. The molecule has 0 aliphatic carbocycles. The fraction of sp³-hybridized carbons (Fsp3) is 1.00. The van der Waals surface area contributed by atoms with Crippen LogP contribution in [-0.4, -0.2) is 61.7 Å². The summed E-state index contributed by atoms with van der Waals surface area (Å²) < 4.78 is 0. The lowest BCUT2D eigenvalue weighted by Gasteiger charge is -2.36. The fourth-order valence-electron chi connectivity index (χ4n) is 3.36. The lowest BCUT2D eigenvalue weighted by atomic mass is 10.1. The van der Waals surface area contributed by atoms with Gasteiger partial charge in [0.2, 0.25) is 0 Å². The van der Waals surface area contributed by atoms with Crippen LogP contribution in [-0.2, 0) is 0 Å². The molecular weight excluding hydrogens is 222 g/mol. The van der Waals surface area contributed by atoms with Crippen molar-refractivity contribution < 1.29 is 0 Å². The van der Waals surface area contributed by atoms with E-state index in [4.69, 9.17) is 0 Å². The Morgan fingerprint density at radius 2 is 1.94 bits per heavy atom. The Morgan fingerprint density at radius 3 is 2.61 bits per heavy atom. The molecule has 3 heteroatoms. The standard InChI is InChI=1S/C15H31N3/c1-2-9-18(15-7-6-8-16-14-15)13-12-17-10-4-3-5-11-17/h15-16H,2-14H2,1H3. The minimum Gasteiger partial charge on any atom is -0.315 e. The molecule has 2 fully saturated rings. The van der Waals surface area contributed by atoms with Crippen LogP contribution in [0.25, 0.3) is 0 Å². The molecule has 2 rings (SSSR count). The van der Waals surface area contributed by atoms with Gasteiger partial charge in [-0.25, -0.2) is 0 Å². The summed E-state index contributed by atoms with van der Waals surface area (Å²) >= 11 is 0. The molecule has 0 radical (unpaired) electrons. The van der Waals surface area contributed by atoms with E-state index in [0.29, 0.717) is 0 Å². The number of piperidine rings is 2. The van der Waals surface area contributed by atoms with Crippen molar-refractivity contribution in [1.29, 1.82) is 0 Å². The lowest BCUT2D eigenvalue weighted by molar-refractivity contribution is 0.131. The van der Waals surface area contributed by atoms with Crippen LogP contribution in [0.2, 0.25) is 0 Å². The Balaban J connectivity index is 1.73. The highest BCUT2D eigenvalue weighted by Gasteiger charge is 2.21. The van der Waals surface area contributed by atoms with Gasteiger partial charge in [0, 0.05) is 25.7 Å². The highest BCUT2D eigenvalue weighted by molar-refractivity contribution is 4.79. The Morgan fingerprint density at radius 1 is 1.11 bits per heavy atom. The molecule has 2 saturated heterocycles. The Bertz CT molecular complexity index is 208. The van der Waals surface area contributed by atoms with Gasteiger partial charge >= 0.3 is 0 Å². The molecule has 0 saturated carbocycles. The smallest absolute Gasteiger partial charge is 0.0221 e. The van der Waals surface area contributed by atoms with Gasteiger partial charge in [-0.3, -0.25) is 4.90 Å². The van der Waals surface area contributed by atoms with Crippen molar-refractivity contribution in [2.45, 2.75) is 51.5 Å². The minimum atomic E-state index is 0.795. The molecule has 1 unspecified atom stereocenters. The van der Waals surface area contributed by atoms with Gasteiger partial charge in [0.15, 0.2) is 0 Å². The van der Waals surface area contributed by atoms with Crippen molar-refractivity contribution in [3.63, 3.8) is 0 Å². The first kappa shape index (κ1) is 14.3. The van der Waals surface area contributed by atoms with E-state index in [-0.39, 0.29) is 0 Å². The molecule has 1 atom stereocenters. The van der Waals surface area contributed by atoms with Crippen molar-refractivity contribution >= 4 is 0 Å². The minimum absolute atomic E-state index is 0.795. The summed E-state index contributed by atoms with van der Waals surface area (Å²) in [6, 6.07) is 0.795. The van der Waals surface area contributed by atoms with Crippen LogP contribution in [0.1, 0.15) is 45.4 Å². The molecule has 0 bridgehead atoms. The van der Waals surface area contributed by atoms with Crippen LogP contribution in [0.4, 0.5) is 0 Å². The maximum Gasteiger partial charge on any atom is 0.0221 e. The summed E-state index contributed by atoms with van der Waals surface area (Å²) in [5, 5.41) is 3.56. The van der Waals surface area contributed by atoms with Gasteiger partial charge in [-0.05, 0) is 58.3 Å². The van der Waals surface area contributed by atoms with E-state index in [1.165, 1.54) is 84.3 Å². The van der Waals surface area contributed by atoms with Gasteiger partial charge in [0.1, 0.15) is 0 Å². The number of likely N-dealkylation sites (tertiary alicyclic amines) is 1. The first-order valence-corrected chi connectivity index (χ1v) is 8.07.